The van der Waals surface area contributed by atoms with Crippen LogP contribution in [-0.4, -0.2) is 41.9 Å². The van der Waals surface area contributed by atoms with Gasteiger partial charge in [-0.1, -0.05) is 23.7 Å². The van der Waals surface area contributed by atoms with Crippen LogP contribution in [-0.2, 0) is 26.7 Å². The zero-order valence-corrected chi connectivity index (χ0v) is 17.8. The third-order valence-electron chi connectivity index (χ3n) is 5.51. The minimum Gasteiger partial charge on any atom is -0.480 e. The second kappa shape index (κ2) is 8.60. The largest absolute Gasteiger partial charge is 0.511 e. The molecule has 12 heteroatoms. The summed E-state index contributed by atoms with van der Waals surface area (Å²) in [6, 6.07) is 7.63. The van der Waals surface area contributed by atoms with Crippen LogP contribution < -0.4 is 0 Å². The van der Waals surface area contributed by atoms with E-state index in [1.165, 1.54) is 0 Å². The van der Waals surface area contributed by atoms with Crippen molar-refractivity contribution in [3.8, 4) is 0 Å². The molecule has 2 aromatic carbocycles. The molecule has 0 atom stereocenters. The van der Waals surface area contributed by atoms with Crippen LogP contribution in [0.1, 0.15) is 24.0 Å². The van der Waals surface area contributed by atoms with Crippen molar-refractivity contribution in [2.75, 3.05) is 6.54 Å². The molecule has 0 saturated heterocycles. The van der Waals surface area contributed by atoms with Gasteiger partial charge < -0.3 is 5.11 Å². The van der Waals surface area contributed by atoms with E-state index in [1.807, 2.05) is 0 Å². The minimum absolute atomic E-state index is 0.0496. The van der Waals surface area contributed by atoms with Gasteiger partial charge in [0.05, 0.1) is 0 Å². The molecule has 0 unspecified atom stereocenters. The van der Waals surface area contributed by atoms with Gasteiger partial charge in [-0.2, -0.15) is 17.5 Å². The molecule has 0 spiro atoms. The first kappa shape index (κ1) is 24.4. The second-order valence-corrected chi connectivity index (χ2v) is 9.98. The van der Waals surface area contributed by atoms with Crippen LogP contribution in [0.5, 0.6) is 0 Å². The Balaban J connectivity index is 2.01. The highest BCUT2D eigenvalue weighted by molar-refractivity contribution is 7.90. The van der Waals surface area contributed by atoms with Gasteiger partial charge in [-0.25, -0.2) is 17.2 Å². The molecule has 1 aliphatic carbocycles. The van der Waals surface area contributed by atoms with Crippen LogP contribution >= 0.6 is 11.6 Å². The monoisotopic (exact) mass is 497 g/mol. The van der Waals surface area contributed by atoms with E-state index in [0.29, 0.717) is 10.6 Å². The summed E-state index contributed by atoms with van der Waals surface area (Å²) in [5.41, 5.74) is -6.47. The standard InChI is InChI=1S/C20H17ClF5NO4S/c21-13-3-1-12(2-4-13)8-19(16-7-14(22)5-6-17(16)23)9-15(10-19)27(11-18(28)29)32(30,31)20(24,25)26/h1-7,15H,8-11H2,(H,28,29)/t15-,19-. The molecule has 1 N–H and O–H groups in total. The van der Waals surface area contributed by atoms with Gasteiger partial charge in [-0.05, 0) is 60.7 Å². The van der Waals surface area contributed by atoms with Crippen LogP contribution in [0, 0.1) is 11.6 Å². The van der Waals surface area contributed by atoms with Gasteiger partial charge in [0.2, 0.25) is 0 Å². The van der Waals surface area contributed by atoms with E-state index in [2.05, 4.69) is 0 Å². The molecule has 174 valence electrons. The Labute approximate surface area is 185 Å². The first-order valence-electron chi connectivity index (χ1n) is 9.25. The van der Waals surface area contributed by atoms with Crippen molar-refractivity contribution in [2.45, 2.75) is 36.2 Å². The highest BCUT2D eigenvalue weighted by Crippen LogP contribution is 2.51. The van der Waals surface area contributed by atoms with Crippen molar-refractivity contribution in [1.29, 1.82) is 0 Å². The fourth-order valence-corrected chi connectivity index (χ4v) is 5.29. The van der Waals surface area contributed by atoms with E-state index < -0.39 is 51.1 Å². The predicted molar refractivity (Wildman–Crippen MR) is 106 cm³/mol. The lowest BCUT2D eigenvalue weighted by atomic mass is 9.58. The molecular formula is C20H17ClF5NO4S. The van der Waals surface area contributed by atoms with E-state index in [0.717, 1.165) is 18.2 Å². The van der Waals surface area contributed by atoms with Crippen molar-refractivity contribution in [2.24, 2.45) is 0 Å². The van der Waals surface area contributed by atoms with Gasteiger partial charge in [0, 0.05) is 16.5 Å². The molecule has 2 aromatic rings. The highest BCUT2D eigenvalue weighted by Gasteiger charge is 2.58. The molecule has 0 amide bonds. The highest BCUT2D eigenvalue weighted by atomic mass is 35.5. The molecule has 0 bridgehead atoms. The molecule has 0 aliphatic heterocycles. The van der Waals surface area contributed by atoms with Gasteiger partial charge >= 0.3 is 21.5 Å². The number of alkyl halides is 3. The van der Waals surface area contributed by atoms with E-state index in [-0.39, 0.29) is 29.1 Å². The zero-order valence-electron chi connectivity index (χ0n) is 16.2. The van der Waals surface area contributed by atoms with Crippen molar-refractivity contribution in [3.05, 3.63) is 70.2 Å². The number of carboxylic acid groups (broad SMARTS) is 1. The number of benzene rings is 2. The zero-order chi connectivity index (χ0) is 23.9. The normalized spacial score (nSPS) is 21.4. The Hall–Kier alpha value is -2.24. The van der Waals surface area contributed by atoms with Gasteiger partial charge in [-0.3, -0.25) is 4.79 Å². The number of halogens is 6. The summed E-state index contributed by atoms with van der Waals surface area (Å²) >= 11 is 5.85. The van der Waals surface area contributed by atoms with Gasteiger partial charge in [0.15, 0.2) is 0 Å². The van der Waals surface area contributed by atoms with Crippen LogP contribution in [0.25, 0.3) is 0 Å². The lowest BCUT2D eigenvalue weighted by Crippen LogP contribution is -2.59. The van der Waals surface area contributed by atoms with Crippen molar-refractivity contribution in [1.82, 2.24) is 4.31 Å². The molecule has 0 radical (unpaired) electrons. The maximum absolute atomic E-state index is 14.6. The quantitative estimate of drug-likeness (QED) is 0.572. The SMILES string of the molecule is O=C(O)CN([C@H]1C[C@](Cc2ccc(Cl)cc2)(c2cc(F)ccc2F)C1)S(=O)(=O)C(F)(F)F. The summed E-state index contributed by atoms with van der Waals surface area (Å²) in [6.45, 7) is -1.41. The van der Waals surface area contributed by atoms with Gasteiger partial charge in [0.25, 0.3) is 0 Å². The Kier molecular flexibility index (Phi) is 6.56. The Morgan fingerprint density at radius 1 is 1.12 bits per heavy atom. The van der Waals surface area contributed by atoms with Crippen molar-refractivity contribution >= 4 is 27.6 Å². The Morgan fingerprint density at radius 2 is 1.72 bits per heavy atom. The topological polar surface area (TPSA) is 74.7 Å². The fraction of sp³-hybridized carbons (Fsp3) is 0.350. The Bertz CT molecular complexity index is 1120. The molecule has 1 fully saturated rings. The average Bonchev–Trinajstić information content (AvgIpc) is 2.65. The third kappa shape index (κ3) is 4.74. The maximum atomic E-state index is 14.6. The second-order valence-electron chi connectivity index (χ2n) is 7.66. The van der Waals surface area contributed by atoms with E-state index in [1.54, 1.807) is 24.3 Å². The number of rotatable bonds is 7. The molecule has 3 rings (SSSR count). The number of hydrogen-bond acceptors (Lipinski definition) is 3. The first-order valence-corrected chi connectivity index (χ1v) is 11.1. The Morgan fingerprint density at radius 3 is 2.25 bits per heavy atom. The maximum Gasteiger partial charge on any atom is 0.511 e. The molecule has 1 aliphatic rings. The van der Waals surface area contributed by atoms with Crippen LogP contribution in [0.15, 0.2) is 42.5 Å². The van der Waals surface area contributed by atoms with Crippen molar-refractivity contribution in [3.63, 3.8) is 0 Å². The van der Waals surface area contributed by atoms with Crippen LogP contribution in [0.2, 0.25) is 5.02 Å². The predicted octanol–water partition coefficient (Wildman–Crippen LogP) is 4.50. The van der Waals surface area contributed by atoms with E-state index in [4.69, 9.17) is 16.7 Å². The first-order chi connectivity index (χ1) is 14.7. The lowest BCUT2D eigenvalue weighted by molar-refractivity contribution is -0.138. The molecular weight excluding hydrogens is 481 g/mol. The molecule has 5 nitrogen and oxygen atoms in total. The van der Waals surface area contributed by atoms with Gasteiger partial charge in [-0.15, -0.1) is 0 Å². The summed E-state index contributed by atoms with van der Waals surface area (Å²) in [6.07, 6.45) is -0.620. The summed E-state index contributed by atoms with van der Waals surface area (Å²) in [7, 11) is -5.96. The van der Waals surface area contributed by atoms with Gasteiger partial charge in [0.1, 0.15) is 18.2 Å². The number of nitrogens with zero attached hydrogens (tertiary/aromatic N) is 1. The molecule has 1 saturated carbocycles. The smallest absolute Gasteiger partial charge is 0.480 e. The van der Waals surface area contributed by atoms with E-state index >= 15 is 0 Å². The minimum atomic E-state index is -5.96. The van der Waals surface area contributed by atoms with Crippen LogP contribution in [0.3, 0.4) is 0 Å². The lowest BCUT2D eigenvalue weighted by Gasteiger charge is -2.51. The summed E-state index contributed by atoms with van der Waals surface area (Å²) in [5, 5.41) is 9.39. The fourth-order valence-electron chi connectivity index (χ4n) is 4.08. The molecule has 0 aromatic heterocycles. The number of sulfonamides is 1. The third-order valence-corrected chi connectivity index (χ3v) is 7.39. The number of carboxylic acids is 1. The number of carbonyl (C=O) groups is 1. The molecule has 0 heterocycles. The summed E-state index contributed by atoms with van der Waals surface area (Å²) < 4.78 is 91.7. The average molecular weight is 498 g/mol. The van der Waals surface area contributed by atoms with Crippen LogP contribution in [0.4, 0.5) is 22.0 Å². The number of hydrogen-bond donors (Lipinski definition) is 1. The molecule has 32 heavy (non-hydrogen) atoms. The van der Waals surface area contributed by atoms with Crippen molar-refractivity contribution < 1.29 is 40.3 Å². The number of aliphatic carboxylic acids is 1. The van der Waals surface area contributed by atoms with E-state index in [9.17, 15) is 35.2 Å². The summed E-state index contributed by atoms with van der Waals surface area (Å²) in [4.78, 5) is 11.1. The summed E-state index contributed by atoms with van der Waals surface area (Å²) in [5.74, 6) is -3.35.